The van der Waals surface area contributed by atoms with Gasteiger partial charge >= 0.3 is 0 Å². The number of benzene rings is 3. The van der Waals surface area contributed by atoms with Crippen molar-refractivity contribution in [2.75, 3.05) is 30.3 Å². The summed E-state index contributed by atoms with van der Waals surface area (Å²) >= 11 is 0. The van der Waals surface area contributed by atoms with E-state index in [0.717, 1.165) is 30.5 Å². The zero-order valence-corrected chi connectivity index (χ0v) is 22.5. The van der Waals surface area contributed by atoms with E-state index < -0.39 is 18.1 Å². The molecule has 2 aliphatic heterocycles. The fraction of sp³-hybridized carbons (Fsp3) is 0.355. The van der Waals surface area contributed by atoms with Gasteiger partial charge in [-0.1, -0.05) is 44.5 Å². The first-order valence-corrected chi connectivity index (χ1v) is 13.5. The second-order valence-corrected chi connectivity index (χ2v) is 9.62. The van der Waals surface area contributed by atoms with E-state index in [9.17, 15) is 9.59 Å². The number of fused-ring (bicyclic) bond motifs is 1. The Morgan fingerprint density at radius 1 is 0.795 bits per heavy atom. The van der Waals surface area contributed by atoms with Gasteiger partial charge in [-0.2, -0.15) is 0 Å². The predicted molar refractivity (Wildman–Crippen MR) is 148 cm³/mol. The molecule has 0 radical (unpaired) electrons. The summed E-state index contributed by atoms with van der Waals surface area (Å²) in [6, 6.07) is 21.6. The number of rotatable bonds is 11. The normalized spacial score (nSPS) is 20.3. The third-order valence-corrected chi connectivity index (χ3v) is 6.98. The molecule has 0 saturated carbocycles. The minimum Gasteiger partial charge on any atom is -0.494 e. The summed E-state index contributed by atoms with van der Waals surface area (Å²) in [5.41, 5.74) is 2.04. The van der Waals surface area contributed by atoms with Crippen LogP contribution in [0.4, 0.5) is 11.4 Å². The van der Waals surface area contributed by atoms with Crippen molar-refractivity contribution in [1.29, 1.82) is 0 Å². The van der Waals surface area contributed by atoms with Crippen molar-refractivity contribution in [3.05, 3.63) is 78.4 Å². The van der Waals surface area contributed by atoms with Gasteiger partial charge in [0.25, 0.3) is 5.91 Å². The third-order valence-electron chi connectivity index (χ3n) is 6.98. The Balaban J connectivity index is 1.49. The molecule has 5 rings (SSSR count). The van der Waals surface area contributed by atoms with E-state index in [4.69, 9.17) is 19.0 Å². The van der Waals surface area contributed by atoms with Crippen LogP contribution in [0.25, 0.3) is 0 Å². The highest BCUT2D eigenvalue weighted by atomic mass is 16.7. The highest BCUT2D eigenvalue weighted by molar-refractivity contribution is 6.23. The molecule has 3 atom stereocenters. The summed E-state index contributed by atoms with van der Waals surface area (Å²) in [4.78, 5) is 35.0. The van der Waals surface area contributed by atoms with Crippen LogP contribution in [0.15, 0.2) is 72.8 Å². The summed E-state index contributed by atoms with van der Waals surface area (Å²) in [6.07, 6.45) is 1.90. The minimum absolute atomic E-state index is 0.308. The number of methoxy groups -OCH3 is 1. The number of hydrogen-bond acceptors (Lipinski definition) is 7. The first kappa shape index (κ1) is 26.6. The highest BCUT2D eigenvalue weighted by Gasteiger charge is 2.60. The van der Waals surface area contributed by atoms with Crippen molar-refractivity contribution in [3.8, 4) is 17.2 Å². The fourth-order valence-corrected chi connectivity index (χ4v) is 5.03. The topological polar surface area (TPSA) is 77.5 Å². The van der Waals surface area contributed by atoms with E-state index >= 15 is 0 Å². The van der Waals surface area contributed by atoms with E-state index in [0.29, 0.717) is 36.1 Å². The standard InChI is InChI=1S/C31H34N2O6/c1-4-6-19-38-25-17-12-21(20-26(25)36-3)28-27-29(39-33(28)23-10-8-7-9-11-23)31(35)32(30(27)34)22-13-15-24(16-14-22)37-18-5-2/h7-17,20,27-29H,4-6,18-19H2,1-3H3. The van der Waals surface area contributed by atoms with Crippen molar-refractivity contribution in [2.45, 2.75) is 45.3 Å². The van der Waals surface area contributed by atoms with Gasteiger partial charge in [0.2, 0.25) is 5.91 Å². The van der Waals surface area contributed by atoms with Gasteiger partial charge in [0, 0.05) is 0 Å². The van der Waals surface area contributed by atoms with Crippen molar-refractivity contribution in [3.63, 3.8) is 0 Å². The molecule has 2 aliphatic rings. The molecule has 0 bridgehead atoms. The average Bonchev–Trinajstić information content (AvgIpc) is 3.48. The quantitative estimate of drug-likeness (QED) is 0.232. The van der Waals surface area contributed by atoms with E-state index in [1.807, 2.05) is 55.5 Å². The second-order valence-electron chi connectivity index (χ2n) is 9.62. The molecule has 8 nitrogen and oxygen atoms in total. The monoisotopic (exact) mass is 530 g/mol. The van der Waals surface area contributed by atoms with Crippen LogP contribution in [-0.4, -0.2) is 38.2 Å². The zero-order chi connectivity index (χ0) is 27.4. The molecule has 2 heterocycles. The van der Waals surface area contributed by atoms with Crippen molar-refractivity contribution >= 4 is 23.2 Å². The molecule has 0 aromatic heterocycles. The van der Waals surface area contributed by atoms with Crippen LogP contribution in [-0.2, 0) is 14.4 Å². The smallest absolute Gasteiger partial charge is 0.266 e. The molecule has 0 N–H and O–H groups in total. The summed E-state index contributed by atoms with van der Waals surface area (Å²) in [6.45, 7) is 5.33. The number of hydrogen-bond donors (Lipinski definition) is 0. The Morgan fingerprint density at radius 2 is 1.56 bits per heavy atom. The SMILES string of the molecule is CCCCOc1ccc(C2C3C(=O)N(c4ccc(OCCC)cc4)C(=O)C3ON2c2ccccc2)cc1OC. The maximum absolute atomic E-state index is 13.9. The van der Waals surface area contributed by atoms with Gasteiger partial charge < -0.3 is 14.2 Å². The Hall–Kier alpha value is -4.04. The first-order chi connectivity index (χ1) is 19.1. The van der Waals surface area contributed by atoms with Crippen LogP contribution in [0.2, 0.25) is 0 Å². The van der Waals surface area contributed by atoms with Crippen molar-refractivity contribution < 1.29 is 28.6 Å². The Kier molecular flexibility index (Phi) is 8.02. The number of carbonyl (C=O) groups is 2. The maximum Gasteiger partial charge on any atom is 0.266 e. The molecule has 3 aromatic carbocycles. The van der Waals surface area contributed by atoms with Crippen LogP contribution in [0.3, 0.4) is 0 Å². The van der Waals surface area contributed by atoms with Crippen LogP contribution in [0.5, 0.6) is 17.2 Å². The number of imide groups is 1. The van der Waals surface area contributed by atoms with Gasteiger partial charge in [-0.15, -0.1) is 0 Å². The maximum atomic E-state index is 13.9. The third kappa shape index (κ3) is 5.16. The molecule has 0 aliphatic carbocycles. The van der Waals surface area contributed by atoms with Crippen LogP contribution >= 0.6 is 0 Å². The Labute approximate surface area is 229 Å². The number of carbonyl (C=O) groups excluding carboxylic acids is 2. The van der Waals surface area contributed by atoms with E-state index in [1.165, 1.54) is 4.90 Å². The molecule has 2 fully saturated rings. The van der Waals surface area contributed by atoms with E-state index in [2.05, 4.69) is 6.92 Å². The average molecular weight is 531 g/mol. The number of ether oxygens (including phenoxy) is 3. The molecule has 3 unspecified atom stereocenters. The Bertz CT molecular complexity index is 1300. The summed E-state index contributed by atoms with van der Waals surface area (Å²) < 4.78 is 17.2. The number of unbranched alkanes of at least 4 members (excludes halogenated alkanes) is 1. The second kappa shape index (κ2) is 11.8. The lowest BCUT2D eigenvalue weighted by Crippen LogP contribution is -2.37. The van der Waals surface area contributed by atoms with Gasteiger partial charge in [0.05, 0.1) is 37.7 Å². The van der Waals surface area contributed by atoms with Crippen LogP contribution in [0, 0.1) is 5.92 Å². The molecule has 2 amide bonds. The van der Waals surface area contributed by atoms with Crippen molar-refractivity contribution in [2.24, 2.45) is 5.92 Å². The number of para-hydroxylation sites is 1. The van der Waals surface area contributed by atoms with Crippen molar-refractivity contribution in [1.82, 2.24) is 0 Å². The number of amides is 2. The van der Waals surface area contributed by atoms with Crippen LogP contribution in [0.1, 0.15) is 44.7 Å². The molecule has 0 spiro atoms. The summed E-state index contributed by atoms with van der Waals surface area (Å²) in [5, 5.41) is 1.68. The minimum atomic E-state index is -0.954. The Morgan fingerprint density at radius 3 is 2.26 bits per heavy atom. The summed E-state index contributed by atoms with van der Waals surface area (Å²) in [5.74, 6) is 0.455. The lowest BCUT2D eigenvalue weighted by Gasteiger charge is -2.29. The summed E-state index contributed by atoms with van der Waals surface area (Å²) in [7, 11) is 1.59. The lowest BCUT2D eigenvalue weighted by atomic mass is 9.90. The van der Waals surface area contributed by atoms with Gasteiger partial charge in [0.1, 0.15) is 11.7 Å². The fourth-order valence-electron chi connectivity index (χ4n) is 5.03. The van der Waals surface area contributed by atoms with E-state index in [-0.39, 0.29) is 11.8 Å². The van der Waals surface area contributed by atoms with Crippen LogP contribution < -0.4 is 24.2 Å². The largest absolute Gasteiger partial charge is 0.494 e. The van der Waals surface area contributed by atoms with Gasteiger partial charge in [-0.3, -0.25) is 14.4 Å². The van der Waals surface area contributed by atoms with Gasteiger partial charge in [-0.05, 0) is 66.9 Å². The number of hydroxylamine groups is 1. The molecule has 204 valence electrons. The molecule has 2 saturated heterocycles. The highest BCUT2D eigenvalue weighted by Crippen LogP contribution is 2.48. The molecular weight excluding hydrogens is 496 g/mol. The first-order valence-electron chi connectivity index (χ1n) is 13.5. The van der Waals surface area contributed by atoms with Gasteiger partial charge in [0.15, 0.2) is 17.6 Å². The number of anilines is 2. The molecular formula is C31H34N2O6. The predicted octanol–water partition coefficient (Wildman–Crippen LogP) is 5.71. The lowest BCUT2D eigenvalue weighted by molar-refractivity contribution is -0.126. The van der Waals surface area contributed by atoms with E-state index in [1.54, 1.807) is 36.4 Å². The molecule has 8 heteroatoms. The van der Waals surface area contributed by atoms with Gasteiger partial charge in [-0.25, -0.2) is 9.96 Å². The molecule has 39 heavy (non-hydrogen) atoms. The number of nitrogens with zero attached hydrogens (tertiary/aromatic N) is 2. The molecule has 3 aromatic rings. The zero-order valence-electron chi connectivity index (χ0n) is 22.5.